The van der Waals surface area contributed by atoms with Crippen LogP contribution < -0.4 is 15.4 Å². The Balaban J connectivity index is 1.55. The van der Waals surface area contributed by atoms with Crippen molar-refractivity contribution in [3.8, 4) is 5.75 Å². The highest BCUT2D eigenvalue weighted by Crippen LogP contribution is 2.44. The third-order valence-corrected chi connectivity index (χ3v) is 5.54. The lowest BCUT2D eigenvalue weighted by Crippen LogP contribution is -2.36. The van der Waals surface area contributed by atoms with E-state index in [-0.39, 0.29) is 17.8 Å². The first kappa shape index (κ1) is 21.7. The number of rotatable bonds is 6. The first-order valence-corrected chi connectivity index (χ1v) is 10.2. The van der Waals surface area contributed by atoms with Crippen molar-refractivity contribution in [2.24, 2.45) is 0 Å². The zero-order chi connectivity index (χ0) is 22.7. The van der Waals surface area contributed by atoms with Crippen LogP contribution in [0.3, 0.4) is 0 Å². The van der Waals surface area contributed by atoms with E-state index >= 15 is 0 Å². The number of halogens is 3. The van der Waals surface area contributed by atoms with Gasteiger partial charge in [-0.2, -0.15) is 18.3 Å². The Kier molecular flexibility index (Phi) is 6.07. The number of amides is 1. The van der Waals surface area contributed by atoms with E-state index in [2.05, 4.69) is 15.7 Å². The highest BCUT2D eigenvalue weighted by atomic mass is 19.4. The molecule has 0 fully saturated rings. The van der Waals surface area contributed by atoms with E-state index in [0.717, 1.165) is 10.2 Å². The molecule has 0 radical (unpaired) electrons. The van der Waals surface area contributed by atoms with Gasteiger partial charge >= 0.3 is 6.18 Å². The lowest BCUT2D eigenvalue weighted by atomic mass is 9.96. The van der Waals surface area contributed by atoms with Crippen LogP contribution in [0.2, 0.25) is 0 Å². The standard InChI is InChI=1S/C23H23F3N4O2/c1-32-17-9-7-16(8-10-17)19-13-20(23(24,25)26)30-21(29-19)18(14-28-30)22(31)27-12-11-15-5-3-2-4-6-15/h2-10,14,19-20,29H,11-13H2,1H3,(H,27,31)/t19-,20-/m1/s1. The summed E-state index contributed by atoms with van der Waals surface area (Å²) in [5, 5.41) is 9.77. The normalized spacial score (nSPS) is 17.9. The van der Waals surface area contributed by atoms with E-state index in [0.29, 0.717) is 24.3 Å². The van der Waals surface area contributed by atoms with Crippen LogP contribution in [-0.2, 0) is 6.42 Å². The van der Waals surface area contributed by atoms with Gasteiger partial charge in [0.2, 0.25) is 0 Å². The second-order valence-corrected chi connectivity index (χ2v) is 7.61. The van der Waals surface area contributed by atoms with Gasteiger partial charge in [-0.15, -0.1) is 0 Å². The Bertz CT molecular complexity index is 1070. The van der Waals surface area contributed by atoms with Gasteiger partial charge in [0.25, 0.3) is 5.91 Å². The second-order valence-electron chi connectivity index (χ2n) is 7.61. The van der Waals surface area contributed by atoms with Gasteiger partial charge in [-0.25, -0.2) is 4.68 Å². The van der Waals surface area contributed by atoms with Crippen LogP contribution in [0, 0.1) is 0 Å². The molecule has 0 unspecified atom stereocenters. The molecule has 0 saturated carbocycles. The molecule has 0 saturated heterocycles. The summed E-state index contributed by atoms with van der Waals surface area (Å²) in [6, 6.07) is 14.0. The average Bonchev–Trinajstić information content (AvgIpc) is 3.22. The minimum absolute atomic E-state index is 0.0663. The lowest BCUT2D eigenvalue weighted by molar-refractivity contribution is -0.173. The number of carbonyl (C=O) groups excluding carboxylic acids is 1. The van der Waals surface area contributed by atoms with Crippen molar-refractivity contribution in [2.45, 2.75) is 31.1 Å². The predicted octanol–water partition coefficient (Wildman–Crippen LogP) is 4.52. The lowest BCUT2D eigenvalue weighted by Gasteiger charge is -2.34. The van der Waals surface area contributed by atoms with Gasteiger partial charge in [0, 0.05) is 13.0 Å². The summed E-state index contributed by atoms with van der Waals surface area (Å²) in [5.41, 5.74) is 1.81. The van der Waals surface area contributed by atoms with E-state index in [1.807, 2.05) is 30.3 Å². The summed E-state index contributed by atoms with van der Waals surface area (Å²) in [4.78, 5) is 12.7. The molecule has 3 aromatic rings. The summed E-state index contributed by atoms with van der Waals surface area (Å²) in [6.07, 6.45) is -2.94. The Morgan fingerprint density at radius 1 is 1.19 bits per heavy atom. The molecule has 2 heterocycles. The van der Waals surface area contributed by atoms with Crippen LogP contribution in [0.5, 0.6) is 5.75 Å². The van der Waals surface area contributed by atoms with Gasteiger partial charge in [-0.3, -0.25) is 4.79 Å². The Morgan fingerprint density at radius 3 is 2.56 bits per heavy atom. The summed E-state index contributed by atoms with van der Waals surface area (Å²) in [5.74, 6) is 0.211. The molecule has 6 nitrogen and oxygen atoms in total. The molecule has 0 bridgehead atoms. The van der Waals surface area contributed by atoms with Crippen LogP contribution in [0.1, 0.15) is 40.0 Å². The smallest absolute Gasteiger partial charge is 0.410 e. The number of ether oxygens (including phenoxy) is 1. The number of hydrogen-bond donors (Lipinski definition) is 2. The van der Waals surface area contributed by atoms with Gasteiger partial charge in [0.1, 0.15) is 17.1 Å². The molecule has 1 amide bonds. The molecule has 2 N–H and O–H groups in total. The minimum Gasteiger partial charge on any atom is -0.497 e. The number of methoxy groups -OCH3 is 1. The second kappa shape index (κ2) is 8.94. The van der Waals surface area contributed by atoms with Gasteiger partial charge in [-0.05, 0) is 29.7 Å². The van der Waals surface area contributed by atoms with Crippen molar-refractivity contribution < 1.29 is 22.7 Å². The van der Waals surface area contributed by atoms with Gasteiger partial charge in [0.05, 0.1) is 19.3 Å². The zero-order valence-electron chi connectivity index (χ0n) is 17.4. The topological polar surface area (TPSA) is 68.2 Å². The fraction of sp³-hybridized carbons (Fsp3) is 0.304. The molecule has 4 rings (SSSR count). The number of nitrogens with zero attached hydrogens (tertiary/aromatic N) is 2. The molecule has 168 valence electrons. The van der Waals surface area contributed by atoms with E-state index in [9.17, 15) is 18.0 Å². The highest BCUT2D eigenvalue weighted by molar-refractivity contribution is 5.98. The summed E-state index contributed by atoms with van der Waals surface area (Å²) < 4.78 is 47.5. The summed E-state index contributed by atoms with van der Waals surface area (Å²) in [7, 11) is 1.52. The van der Waals surface area contributed by atoms with Crippen LogP contribution in [0.15, 0.2) is 60.8 Å². The fourth-order valence-electron chi connectivity index (χ4n) is 3.84. The van der Waals surface area contributed by atoms with Crippen LogP contribution in [0.25, 0.3) is 0 Å². The number of aromatic nitrogens is 2. The van der Waals surface area contributed by atoms with Crippen molar-refractivity contribution in [1.82, 2.24) is 15.1 Å². The molecule has 1 aliphatic heterocycles. The Hall–Kier alpha value is -3.49. The van der Waals surface area contributed by atoms with Crippen molar-refractivity contribution in [3.63, 3.8) is 0 Å². The van der Waals surface area contributed by atoms with Crippen LogP contribution in [-0.4, -0.2) is 35.5 Å². The summed E-state index contributed by atoms with van der Waals surface area (Å²) in [6.45, 7) is 0.359. The minimum atomic E-state index is -4.51. The van der Waals surface area contributed by atoms with E-state index in [1.165, 1.54) is 13.3 Å². The van der Waals surface area contributed by atoms with Crippen molar-refractivity contribution in [1.29, 1.82) is 0 Å². The van der Waals surface area contributed by atoms with Crippen molar-refractivity contribution in [2.75, 3.05) is 19.0 Å². The number of carbonyl (C=O) groups is 1. The maximum Gasteiger partial charge on any atom is 0.410 e. The van der Waals surface area contributed by atoms with Crippen molar-refractivity contribution in [3.05, 3.63) is 77.5 Å². The molecule has 1 aliphatic rings. The molecule has 0 spiro atoms. The zero-order valence-corrected chi connectivity index (χ0v) is 17.4. The van der Waals surface area contributed by atoms with E-state index in [1.54, 1.807) is 24.3 Å². The molecular formula is C23H23F3N4O2. The average molecular weight is 444 g/mol. The largest absolute Gasteiger partial charge is 0.497 e. The highest BCUT2D eigenvalue weighted by Gasteiger charge is 2.47. The first-order chi connectivity index (χ1) is 15.4. The maximum atomic E-state index is 13.8. The molecule has 9 heteroatoms. The van der Waals surface area contributed by atoms with Crippen LogP contribution >= 0.6 is 0 Å². The quantitative estimate of drug-likeness (QED) is 0.587. The number of benzene rings is 2. The molecule has 2 aromatic carbocycles. The van der Waals surface area contributed by atoms with Crippen LogP contribution in [0.4, 0.5) is 19.0 Å². The van der Waals surface area contributed by atoms with Gasteiger partial charge in [-0.1, -0.05) is 42.5 Å². The number of fused-ring (bicyclic) bond motifs is 1. The Labute approximate surface area is 183 Å². The van der Waals surface area contributed by atoms with E-state index < -0.39 is 24.2 Å². The summed E-state index contributed by atoms with van der Waals surface area (Å²) >= 11 is 0. The van der Waals surface area contributed by atoms with E-state index in [4.69, 9.17) is 4.74 Å². The number of hydrogen-bond acceptors (Lipinski definition) is 4. The first-order valence-electron chi connectivity index (χ1n) is 10.2. The Morgan fingerprint density at radius 2 is 1.91 bits per heavy atom. The number of alkyl halides is 3. The van der Waals surface area contributed by atoms with Gasteiger partial charge in [0.15, 0.2) is 6.04 Å². The molecule has 32 heavy (non-hydrogen) atoms. The monoisotopic (exact) mass is 444 g/mol. The third kappa shape index (κ3) is 4.56. The molecule has 2 atom stereocenters. The number of anilines is 1. The number of nitrogens with one attached hydrogen (secondary N) is 2. The van der Waals surface area contributed by atoms with Crippen molar-refractivity contribution >= 4 is 11.7 Å². The SMILES string of the molecule is COc1ccc([C@H]2C[C@H](C(F)(F)F)n3ncc(C(=O)NCCc4ccccc4)c3N2)cc1. The maximum absolute atomic E-state index is 13.8. The fourth-order valence-corrected chi connectivity index (χ4v) is 3.84. The molecule has 1 aromatic heterocycles. The molecule has 0 aliphatic carbocycles. The predicted molar refractivity (Wildman–Crippen MR) is 114 cm³/mol. The third-order valence-electron chi connectivity index (χ3n) is 5.54. The van der Waals surface area contributed by atoms with Gasteiger partial charge < -0.3 is 15.4 Å². The molecular weight excluding hydrogens is 421 g/mol.